The number of amides is 1. The Kier molecular flexibility index (Phi) is 4.91. The molecule has 2 aromatic rings. The van der Waals surface area contributed by atoms with Crippen LogP contribution in [0.2, 0.25) is 0 Å². The van der Waals surface area contributed by atoms with E-state index in [-0.39, 0.29) is 5.91 Å². The predicted molar refractivity (Wildman–Crippen MR) is 89.3 cm³/mol. The molecule has 0 radical (unpaired) electrons. The first kappa shape index (κ1) is 16.1. The van der Waals surface area contributed by atoms with Gasteiger partial charge in [-0.15, -0.1) is 5.10 Å². The summed E-state index contributed by atoms with van der Waals surface area (Å²) in [6.45, 7) is 10.3. The maximum atomic E-state index is 12.5. The molecule has 4 nitrogen and oxygen atoms in total. The first-order valence-corrected chi connectivity index (χ1v) is 7.64. The van der Waals surface area contributed by atoms with Gasteiger partial charge >= 0.3 is 0 Å². The molecule has 0 aliphatic carbocycles. The number of anilines is 1. The zero-order valence-electron chi connectivity index (χ0n) is 13.8. The van der Waals surface area contributed by atoms with E-state index in [0.717, 1.165) is 22.5 Å². The SMILES string of the molecule is Cc1ccc(C(=O)Nc2c(C(C)C)cccc2C(C)C)nn1. The molecule has 0 spiro atoms. The number of aryl methyl sites for hydroxylation is 1. The van der Waals surface area contributed by atoms with E-state index in [0.29, 0.717) is 17.5 Å². The molecule has 1 N–H and O–H groups in total. The van der Waals surface area contributed by atoms with Gasteiger partial charge in [0.2, 0.25) is 0 Å². The van der Waals surface area contributed by atoms with Gasteiger partial charge in [0.25, 0.3) is 5.91 Å². The second kappa shape index (κ2) is 6.69. The molecule has 1 amide bonds. The summed E-state index contributed by atoms with van der Waals surface area (Å²) >= 11 is 0. The van der Waals surface area contributed by atoms with Crippen LogP contribution in [0, 0.1) is 6.92 Å². The number of nitrogens with one attached hydrogen (secondary N) is 1. The third-order valence-corrected chi connectivity index (χ3v) is 3.64. The number of para-hydroxylation sites is 1. The smallest absolute Gasteiger partial charge is 0.276 e. The number of nitrogens with zero attached hydrogens (tertiary/aromatic N) is 2. The van der Waals surface area contributed by atoms with Gasteiger partial charge in [-0.3, -0.25) is 4.79 Å². The summed E-state index contributed by atoms with van der Waals surface area (Å²) in [5.41, 5.74) is 4.31. The van der Waals surface area contributed by atoms with Gasteiger partial charge in [0.1, 0.15) is 0 Å². The minimum absolute atomic E-state index is 0.220. The maximum absolute atomic E-state index is 12.5. The average Bonchev–Trinajstić information content (AvgIpc) is 2.47. The first-order chi connectivity index (χ1) is 10.4. The minimum atomic E-state index is -0.220. The Labute approximate surface area is 132 Å². The minimum Gasteiger partial charge on any atom is -0.320 e. The lowest BCUT2D eigenvalue weighted by molar-refractivity contribution is 0.102. The molecule has 0 aliphatic heterocycles. The molecule has 22 heavy (non-hydrogen) atoms. The van der Waals surface area contributed by atoms with Crippen LogP contribution in [0.1, 0.15) is 66.8 Å². The van der Waals surface area contributed by atoms with Crippen LogP contribution < -0.4 is 5.32 Å². The van der Waals surface area contributed by atoms with Crippen molar-refractivity contribution >= 4 is 11.6 Å². The van der Waals surface area contributed by atoms with E-state index >= 15 is 0 Å². The van der Waals surface area contributed by atoms with E-state index in [1.807, 2.05) is 13.0 Å². The number of hydrogen-bond acceptors (Lipinski definition) is 3. The van der Waals surface area contributed by atoms with Crippen molar-refractivity contribution in [3.8, 4) is 0 Å². The maximum Gasteiger partial charge on any atom is 0.276 e. The van der Waals surface area contributed by atoms with Gasteiger partial charge < -0.3 is 5.32 Å². The van der Waals surface area contributed by atoms with Crippen LogP contribution in [0.5, 0.6) is 0 Å². The summed E-state index contributed by atoms with van der Waals surface area (Å²) in [4.78, 5) is 12.5. The van der Waals surface area contributed by atoms with Gasteiger partial charge in [-0.2, -0.15) is 5.10 Å². The van der Waals surface area contributed by atoms with Gasteiger partial charge in [-0.05, 0) is 42.0 Å². The lowest BCUT2D eigenvalue weighted by atomic mass is 9.92. The Morgan fingerprint density at radius 1 is 0.955 bits per heavy atom. The molecule has 1 aromatic heterocycles. The molecule has 0 atom stereocenters. The molecule has 0 fully saturated rings. The second-order valence-corrected chi connectivity index (χ2v) is 6.13. The van der Waals surface area contributed by atoms with E-state index in [1.54, 1.807) is 12.1 Å². The molecule has 1 aromatic carbocycles. The van der Waals surface area contributed by atoms with Crippen molar-refractivity contribution < 1.29 is 4.79 Å². The largest absolute Gasteiger partial charge is 0.320 e. The number of rotatable bonds is 4. The van der Waals surface area contributed by atoms with Crippen molar-refractivity contribution in [3.05, 3.63) is 52.8 Å². The third kappa shape index (κ3) is 3.50. The molecule has 1 heterocycles. The van der Waals surface area contributed by atoms with Gasteiger partial charge in [0, 0.05) is 5.69 Å². The second-order valence-electron chi connectivity index (χ2n) is 6.13. The van der Waals surface area contributed by atoms with E-state index in [1.165, 1.54) is 0 Å². The van der Waals surface area contributed by atoms with Gasteiger partial charge in [-0.1, -0.05) is 45.9 Å². The van der Waals surface area contributed by atoms with Crippen molar-refractivity contribution in [2.45, 2.75) is 46.5 Å². The summed E-state index contributed by atoms with van der Waals surface area (Å²) in [5.74, 6) is 0.443. The van der Waals surface area contributed by atoms with Crippen molar-refractivity contribution in [1.82, 2.24) is 10.2 Å². The van der Waals surface area contributed by atoms with E-state index in [2.05, 4.69) is 55.3 Å². The number of aromatic nitrogens is 2. The molecule has 0 saturated carbocycles. The fourth-order valence-electron chi connectivity index (χ4n) is 2.39. The number of benzene rings is 1. The zero-order chi connectivity index (χ0) is 16.3. The molecular weight excluding hydrogens is 274 g/mol. The van der Waals surface area contributed by atoms with Gasteiger partial charge in [0.05, 0.1) is 5.69 Å². The topological polar surface area (TPSA) is 54.9 Å². The van der Waals surface area contributed by atoms with Crippen LogP contribution in [0.15, 0.2) is 30.3 Å². The molecule has 4 heteroatoms. The predicted octanol–water partition coefficient (Wildman–Crippen LogP) is 4.28. The number of carbonyl (C=O) groups excluding carboxylic acids is 1. The summed E-state index contributed by atoms with van der Waals surface area (Å²) in [6.07, 6.45) is 0. The van der Waals surface area contributed by atoms with Crippen molar-refractivity contribution in [3.63, 3.8) is 0 Å². The van der Waals surface area contributed by atoms with Crippen LogP contribution in [0.4, 0.5) is 5.69 Å². The fraction of sp³-hybridized carbons (Fsp3) is 0.389. The Morgan fingerprint density at radius 2 is 1.55 bits per heavy atom. The molecule has 0 bridgehead atoms. The van der Waals surface area contributed by atoms with Crippen LogP contribution in [0.3, 0.4) is 0 Å². The molecule has 2 rings (SSSR count). The Bertz CT molecular complexity index is 634. The average molecular weight is 297 g/mol. The number of hydrogen-bond donors (Lipinski definition) is 1. The van der Waals surface area contributed by atoms with Gasteiger partial charge in [-0.25, -0.2) is 0 Å². The lowest BCUT2D eigenvalue weighted by Gasteiger charge is -2.20. The molecule has 0 unspecified atom stereocenters. The number of carbonyl (C=O) groups is 1. The highest BCUT2D eigenvalue weighted by Gasteiger charge is 2.17. The highest BCUT2D eigenvalue weighted by Crippen LogP contribution is 2.32. The van der Waals surface area contributed by atoms with E-state index in [9.17, 15) is 4.79 Å². The lowest BCUT2D eigenvalue weighted by Crippen LogP contribution is -2.17. The van der Waals surface area contributed by atoms with E-state index in [4.69, 9.17) is 0 Å². The monoisotopic (exact) mass is 297 g/mol. The molecular formula is C18H23N3O. The first-order valence-electron chi connectivity index (χ1n) is 7.64. The molecule has 116 valence electrons. The van der Waals surface area contributed by atoms with E-state index < -0.39 is 0 Å². The van der Waals surface area contributed by atoms with Gasteiger partial charge in [0.15, 0.2) is 5.69 Å². The highest BCUT2D eigenvalue weighted by atomic mass is 16.1. The Hall–Kier alpha value is -2.23. The van der Waals surface area contributed by atoms with Crippen molar-refractivity contribution in [1.29, 1.82) is 0 Å². The quantitative estimate of drug-likeness (QED) is 0.916. The van der Waals surface area contributed by atoms with Crippen molar-refractivity contribution in [2.75, 3.05) is 5.32 Å². The third-order valence-electron chi connectivity index (χ3n) is 3.64. The summed E-state index contributed by atoms with van der Waals surface area (Å²) in [7, 11) is 0. The fourth-order valence-corrected chi connectivity index (χ4v) is 2.39. The van der Waals surface area contributed by atoms with Crippen LogP contribution in [-0.2, 0) is 0 Å². The van der Waals surface area contributed by atoms with Crippen LogP contribution in [-0.4, -0.2) is 16.1 Å². The Morgan fingerprint density at radius 3 is 2.00 bits per heavy atom. The van der Waals surface area contributed by atoms with Crippen LogP contribution in [0.25, 0.3) is 0 Å². The summed E-state index contributed by atoms with van der Waals surface area (Å²) in [5, 5.41) is 10.9. The summed E-state index contributed by atoms with van der Waals surface area (Å²) in [6, 6.07) is 9.66. The Balaban J connectivity index is 2.39. The molecule has 0 saturated heterocycles. The zero-order valence-corrected chi connectivity index (χ0v) is 13.8. The summed E-state index contributed by atoms with van der Waals surface area (Å²) < 4.78 is 0. The highest BCUT2D eigenvalue weighted by molar-refractivity contribution is 6.03. The van der Waals surface area contributed by atoms with Crippen LogP contribution >= 0.6 is 0 Å². The van der Waals surface area contributed by atoms with Crippen molar-refractivity contribution in [2.24, 2.45) is 0 Å². The standard InChI is InChI=1S/C18H23N3O/c1-11(2)14-7-6-8-15(12(3)4)17(14)19-18(22)16-10-9-13(5)20-21-16/h6-12H,1-5H3,(H,19,22). The normalized spacial score (nSPS) is 11.0. The molecule has 0 aliphatic rings.